The van der Waals surface area contributed by atoms with Gasteiger partial charge in [0.2, 0.25) is 8.41 Å². The van der Waals surface area contributed by atoms with Crippen molar-refractivity contribution in [1.29, 1.82) is 0 Å². The molecule has 4 heterocycles. The first-order valence-electron chi connectivity index (χ1n) is 18.2. The van der Waals surface area contributed by atoms with Crippen molar-refractivity contribution in [3.63, 3.8) is 0 Å². The van der Waals surface area contributed by atoms with E-state index in [4.69, 9.17) is 14.2 Å². The van der Waals surface area contributed by atoms with E-state index in [1.807, 2.05) is 85.8 Å². The van der Waals surface area contributed by atoms with Gasteiger partial charge in [0.1, 0.15) is 11.5 Å². The zero-order valence-corrected chi connectivity index (χ0v) is 31.6. The maximum absolute atomic E-state index is 16.4. The molecule has 3 aliphatic heterocycles. The molecule has 13 heteroatoms. The van der Waals surface area contributed by atoms with Crippen LogP contribution >= 0.6 is 0 Å². The average Bonchev–Trinajstić information content (AvgIpc) is 3.78. The third kappa shape index (κ3) is 5.96. The number of benzene rings is 4. The Bertz CT molecular complexity index is 2240. The molecule has 0 saturated carbocycles. The number of hydrogen-bond acceptors (Lipinski definition) is 8. The number of aliphatic hydroxyl groups is 1. The Hall–Kier alpha value is -5.37. The van der Waals surface area contributed by atoms with Crippen LogP contribution in [0.15, 0.2) is 97.2 Å². The second kappa shape index (κ2) is 13.8. The average molecular weight is 748 g/mol. The quantitative estimate of drug-likeness (QED) is 0.117. The van der Waals surface area contributed by atoms with Crippen LogP contribution in [0.2, 0.25) is 18.6 Å². The normalized spacial score (nSPS) is 21.9. The van der Waals surface area contributed by atoms with Crippen molar-refractivity contribution in [2.75, 3.05) is 23.5 Å². The molecule has 0 radical (unpaired) electrons. The number of carbonyl (C=O) groups is 2. The first-order chi connectivity index (χ1) is 26.0. The molecule has 278 valence electrons. The van der Waals surface area contributed by atoms with Crippen LogP contribution in [0, 0.1) is 5.92 Å². The van der Waals surface area contributed by atoms with Gasteiger partial charge in [-0.25, -0.2) is 0 Å². The van der Waals surface area contributed by atoms with E-state index in [0.29, 0.717) is 70.5 Å². The smallest absolute Gasteiger partial charge is 0.266 e. The molecular weight excluding hydrogens is 706 g/mol. The molecule has 1 saturated heterocycles. The number of fused-ring (bicyclic) bond motifs is 4. The molecule has 54 heavy (non-hydrogen) atoms. The lowest BCUT2D eigenvalue weighted by Gasteiger charge is -2.31. The monoisotopic (exact) mass is 747 g/mol. The van der Waals surface area contributed by atoms with Crippen LogP contribution in [0.4, 0.5) is 21.2 Å². The van der Waals surface area contributed by atoms with Gasteiger partial charge in [0.15, 0.2) is 11.4 Å². The van der Waals surface area contributed by atoms with E-state index in [0.717, 1.165) is 5.56 Å². The van der Waals surface area contributed by atoms with Crippen molar-refractivity contribution < 1.29 is 33.0 Å². The van der Waals surface area contributed by atoms with Crippen molar-refractivity contribution in [1.82, 2.24) is 15.0 Å². The lowest BCUT2D eigenvalue weighted by molar-refractivity contribution is -0.146. The Labute approximate surface area is 314 Å². The topological polar surface area (TPSA) is 119 Å². The predicted octanol–water partition coefficient (Wildman–Crippen LogP) is 7.32. The van der Waals surface area contributed by atoms with Crippen LogP contribution in [0.1, 0.15) is 40.5 Å². The summed E-state index contributed by atoms with van der Waals surface area (Å²) in [5.41, 5.74) is 2.48. The number of aromatic nitrogens is 3. The molecule has 0 bridgehead atoms. The molecule has 1 aromatic heterocycles. The van der Waals surface area contributed by atoms with Gasteiger partial charge in [-0.1, -0.05) is 48.5 Å². The lowest BCUT2D eigenvalue weighted by atomic mass is 9.82. The number of rotatable bonds is 10. The van der Waals surface area contributed by atoms with Crippen molar-refractivity contribution in [3.8, 4) is 17.2 Å². The van der Waals surface area contributed by atoms with E-state index in [1.54, 1.807) is 53.0 Å². The highest BCUT2D eigenvalue weighted by molar-refractivity contribution is 6.72. The Morgan fingerprint density at radius 2 is 1.74 bits per heavy atom. The molecule has 4 atom stereocenters. The highest BCUT2D eigenvalue weighted by atomic mass is 28.4. The van der Waals surface area contributed by atoms with Crippen molar-refractivity contribution >= 4 is 37.3 Å². The summed E-state index contributed by atoms with van der Waals surface area (Å²) in [6.07, 6.45) is 2.02. The van der Waals surface area contributed by atoms with Gasteiger partial charge in [-0.2, -0.15) is 0 Å². The molecule has 1 spiro atoms. The SMILES string of the molecule is COc1ccc2c(c1)[C@@]1(O[C@H](CCn3cc(CCO)nn3)[C@@H]([Si](C)(C)F)[C@@H]1C)C(=O)N2Cc1cccc(N2C(=O)c3ccccc3Oc3ccccc32)c1. The maximum Gasteiger partial charge on any atom is 0.266 e. The standard InChI is InChI=1S/C41H42FN5O6Si/c1-26-38(54(3,4)42)37(18-20-45-25-28(19-21-48)43-44-45)53-41(26)32-23-30(51-2)16-17-33(32)46(40(41)50)24-27-10-9-11-29(22-27)47-34-13-6-8-15-36(34)52-35-14-7-5-12-31(35)39(47)49/h5-17,22-23,25-26,37-38,48H,18-21,24H2,1-4H3/t26-,37+,38-,41+/m0/s1. The molecule has 0 aliphatic carbocycles. The number of methoxy groups -OCH3 is 1. The third-order valence-electron chi connectivity index (χ3n) is 10.9. The van der Waals surface area contributed by atoms with Gasteiger partial charge in [-0.05, 0) is 79.7 Å². The zero-order valence-electron chi connectivity index (χ0n) is 30.6. The fraction of sp³-hybridized carbons (Fsp3) is 0.317. The fourth-order valence-electron chi connectivity index (χ4n) is 8.56. The first-order valence-corrected chi connectivity index (χ1v) is 21.2. The molecule has 11 nitrogen and oxygen atoms in total. The van der Waals surface area contributed by atoms with E-state index >= 15 is 8.90 Å². The van der Waals surface area contributed by atoms with Crippen LogP contribution in [0.5, 0.6) is 17.2 Å². The van der Waals surface area contributed by atoms with Crippen LogP contribution < -0.4 is 19.3 Å². The van der Waals surface area contributed by atoms with Gasteiger partial charge < -0.3 is 28.3 Å². The molecule has 4 aromatic carbocycles. The van der Waals surface area contributed by atoms with Crippen molar-refractivity contribution in [2.45, 2.75) is 63.2 Å². The van der Waals surface area contributed by atoms with E-state index in [-0.39, 0.29) is 25.0 Å². The highest BCUT2D eigenvalue weighted by Gasteiger charge is 2.66. The number of aryl methyl sites for hydroxylation is 1. The molecule has 0 unspecified atom stereocenters. The number of hydrogen-bond donors (Lipinski definition) is 1. The Kier molecular flexibility index (Phi) is 9.11. The van der Waals surface area contributed by atoms with Crippen molar-refractivity contribution in [2.24, 2.45) is 5.92 Å². The Morgan fingerprint density at radius 3 is 2.52 bits per heavy atom. The Balaban J connectivity index is 1.15. The number of anilines is 3. The van der Waals surface area contributed by atoms with Gasteiger partial charge in [0, 0.05) is 48.5 Å². The van der Waals surface area contributed by atoms with Crippen LogP contribution in [-0.4, -0.2) is 60.1 Å². The van der Waals surface area contributed by atoms with Gasteiger partial charge in [-0.3, -0.25) is 19.2 Å². The van der Waals surface area contributed by atoms with E-state index in [9.17, 15) is 9.90 Å². The molecule has 3 aliphatic rings. The van der Waals surface area contributed by atoms with Crippen LogP contribution in [-0.2, 0) is 34.6 Å². The number of carbonyl (C=O) groups excluding carboxylic acids is 2. The summed E-state index contributed by atoms with van der Waals surface area (Å²) in [5.74, 6) is 0.598. The van der Waals surface area contributed by atoms with Crippen LogP contribution in [0.3, 0.4) is 0 Å². The fourth-order valence-corrected chi connectivity index (χ4v) is 11.1. The summed E-state index contributed by atoms with van der Waals surface area (Å²) in [5, 5.41) is 17.6. The second-order valence-corrected chi connectivity index (χ2v) is 18.5. The van der Waals surface area contributed by atoms with Gasteiger partial charge >= 0.3 is 0 Å². The number of ether oxygens (including phenoxy) is 3. The molecule has 1 N–H and O–H groups in total. The highest BCUT2D eigenvalue weighted by Crippen LogP contribution is 2.61. The van der Waals surface area contributed by atoms with E-state index < -0.39 is 31.6 Å². The van der Waals surface area contributed by atoms with Crippen molar-refractivity contribution in [3.05, 3.63) is 120 Å². The zero-order chi connectivity index (χ0) is 37.8. The second-order valence-electron chi connectivity index (χ2n) is 14.7. The maximum atomic E-state index is 16.4. The largest absolute Gasteiger partial charge is 0.497 e. The molecule has 5 aromatic rings. The summed E-state index contributed by atoms with van der Waals surface area (Å²) >= 11 is 0. The summed E-state index contributed by atoms with van der Waals surface area (Å²) in [6, 6.07) is 27.7. The lowest BCUT2D eigenvalue weighted by Crippen LogP contribution is -2.45. The number of para-hydroxylation sites is 3. The number of halogens is 1. The number of amides is 2. The number of aliphatic hydroxyl groups excluding tert-OH is 1. The third-order valence-corrected chi connectivity index (χ3v) is 13.4. The van der Waals surface area contributed by atoms with Gasteiger partial charge in [-0.15, -0.1) is 5.10 Å². The minimum absolute atomic E-state index is 0.0339. The molecule has 1 fully saturated rings. The molecule has 8 rings (SSSR count). The minimum atomic E-state index is -3.40. The minimum Gasteiger partial charge on any atom is -0.497 e. The van der Waals surface area contributed by atoms with Crippen LogP contribution in [0.25, 0.3) is 0 Å². The summed E-state index contributed by atoms with van der Waals surface area (Å²) in [4.78, 5) is 32.6. The summed E-state index contributed by atoms with van der Waals surface area (Å²) in [7, 11) is -1.83. The van der Waals surface area contributed by atoms with Gasteiger partial charge in [0.25, 0.3) is 11.8 Å². The number of nitrogens with zero attached hydrogens (tertiary/aromatic N) is 5. The van der Waals surface area contributed by atoms with Gasteiger partial charge in [0.05, 0.1) is 42.4 Å². The molecular formula is C41H42FN5O6Si. The summed E-state index contributed by atoms with van der Waals surface area (Å²) < 4.78 is 36.9. The summed E-state index contributed by atoms with van der Waals surface area (Å²) in [6.45, 7) is 5.85. The van der Waals surface area contributed by atoms with E-state index in [2.05, 4.69) is 10.3 Å². The molecule has 2 amide bonds. The predicted molar refractivity (Wildman–Crippen MR) is 204 cm³/mol. The Morgan fingerprint density at radius 1 is 0.963 bits per heavy atom. The van der Waals surface area contributed by atoms with E-state index in [1.165, 1.54) is 0 Å². The first kappa shape index (κ1) is 35.6.